The van der Waals surface area contributed by atoms with Crippen LogP contribution in [0.25, 0.3) is 11.1 Å². The van der Waals surface area contributed by atoms with Crippen molar-refractivity contribution in [2.45, 2.75) is 83.7 Å². The molecule has 3 aromatic carbocycles. The number of rotatable bonds is 10. The van der Waals surface area contributed by atoms with Crippen molar-refractivity contribution >= 4 is 5.97 Å². The summed E-state index contributed by atoms with van der Waals surface area (Å²) in [5.74, 6) is -1.53. The van der Waals surface area contributed by atoms with Crippen molar-refractivity contribution in [3.63, 3.8) is 0 Å². The van der Waals surface area contributed by atoms with Gasteiger partial charge in [0.15, 0.2) is 0 Å². The van der Waals surface area contributed by atoms with Crippen LogP contribution < -0.4 is 0 Å². The Labute approximate surface area is 214 Å². The van der Waals surface area contributed by atoms with Crippen LogP contribution in [0.2, 0.25) is 0 Å². The molecule has 190 valence electrons. The van der Waals surface area contributed by atoms with Crippen molar-refractivity contribution in [2.75, 3.05) is 0 Å². The van der Waals surface area contributed by atoms with Crippen molar-refractivity contribution in [1.82, 2.24) is 0 Å². The van der Waals surface area contributed by atoms with E-state index in [0.29, 0.717) is 0 Å². The van der Waals surface area contributed by atoms with Gasteiger partial charge in [0.05, 0.1) is 12.0 Å². The number of benzene rings is 3. The summed E-state index contributed by atoms with van der Waals surface area (Å²) in [4.78, 5) is 11.0. The SMILES string of the molecule is CCC(CC)(c1ccc(CCC2(O)CC2)c(C)c1)c1ccc(-c2ccc(CC(=O)O)c(F)c2)c(C)c1. The normalized spacial score (nSPS) is 14.6. The van der Waals surface area contributed by atoms with Crippen LogP contribution in [-0.4, -0.2) is 21.8 Å². The lowest BCUT2D eigenvalue weighted by molar-refractivity contribution is -0.136. The Morgan fingerprint density at radius 3 is 2.06 bits per heavy atom. The number of halogens is 1. The first-order chi connectivity index (χ1) is 17.1. The van der Waals surface area contributed by atoms with Crippen LogP contribution in [0.15, 0.2) is 54.6 Å². The van der Waals surface area contributed by atoms with Crippen molar-refractivity contribution in [3.8, 4) is 11.1 Å². The third-order valence-electron chi connectivity index (χ3n) is 8.27. The third kappa shape index (κ3) is 5.24. The van der Waals surface area contributed by atoms with Crippen molar-refractivity contribution in [3.05, 3.63) is 93.8 Å². The van der Waals surface area contributed by atoms with Crippen molar-refractivity contribution in [2.24, 2.45) is 0 Å². The molecule has 0 amide bonds. The number of aliphatic hydroxyl groups is 1. The Morgan fingerprint density at radius 2 is 1.53 bits per heavy atom. The zero-order chi connectivity index (χ0) is 26.1. The van der Waals surface area contributed by atoms with Crippen LogP contribution in [0.4, 0.5) is 4.39 Å². The van der Waals surface area contributed by atoms with Crippen LogP contribution >= 0.6 is 0 Å². The molecule has 0 spiro atoms. The van der Waals surface area contributed by atoms with Crippen LogP contribution in [0.5, 0.6) is 0 Å². The average molecular weight is 489 g/mol. The van der Waals surface area contributed by atoms with Gasteiger partial charge in [-0.25, -0.2) is 4.39 Å². The molecule has 36 heavy (non-hydrogen) atoms. The zero-order valence-corrected chi connectivity index (χ0v) is 21.8. The summed E-state index contributed by atoms with van der Waals surface area (Å²) >= 11 is 0. The largest absolute Gasteiger partial charge is 0.481 e. The number of aliphatic carboxylic acids is 1. The minimum absolute atomic E-state index is 0.127. The van der Waals surface area contributed by atoms with Gasteiger partial charge in [-0.2, -0.15) is 0 Å². The van der Waals surface area contributed by atoms with Crippen molar-refractivity contribution in [1.29, 1.82) is 0 Å². The van der Waals surface area contributed by atoms with Gasteiger partial charge in [-0.05, 0) is 103 Å². The minimum Gasteiger partial charge on any atom is -0.481 e. The lowest BCUT2D eigenvalue weighted by Crippen LogP contribution is -2.26. The topological polar surface area (TPSA) is 57.5 Å². The maximum Gasteiger partial charge on any atom is 0.307 e. The molecule has 0 aromatic heterocycles. The molecule has 1 aliphatic carbocycles. The lowest BCUT2D eigenvalue weighted by Gasteiger charge is -2.34. The van der Waals surface area contributed by atoms with Crippen molar-refractivity contribution < 1.29 is 19.4 Å². The van der Waals surface area contributed by atoms with Crippen LogP contribution in [0.3, 0.4) is 0 Å². The predicted molar refractivity (Wildman–Crippen MR) is 143 cm³/mol. The smallest absolute Gasteiger partial charge is 0.307 e. The molecule has 0 atom stereocenters. The molecule has 4 rings (SSSR count). The van der Waals surface area contributed by atoms with Gasteiger partial charge in [-0.3, -0.25) is 4.79 Å². The van der Waals surface area contributed by atoms with Crippen LogP contribution in [-0.2, 0) is 23.1 Å². The van der Waals surface area contributed by atoms with Gasteiger partial charge in [0.1, 0.15) is 5.82 Å². The monoisotopic (exact) mass is 488 g/mol. The molecule has 3 aromatic rings. The summed E-state index contributed by atoms with van der Waals surface area (Å²) in [5.41, 5.74) is 7.53. The number of carboxylic acids is 1. The zero-order valence-electron chi connectivity index (χ0n) is 21.8. The Morgan fingerprint density at radius 1 is 0.917 bits per heavy atom. The van der Waals surface area contributed by atoms with Gasteiger partial charge in [-0.15, -0.1) is 0 Å². The Kier molecular flexibility index (Phi) is 7.38. The Hall–Kier alpha value is -2.98. The highest BCUT2D eigenvalue weighted by molar-refractivity contribution is 5.72. The molecular formula is C32H37FO3. The quantitative estimate of drug-likeness (QED) is 0.315. The highest BCUT2D eigenvalue weighted by Gasteiger charge is 2.39. The number of carbonyl (C=O) groups is 1. The standard InChI is InChI=1S/C32H37FO3/c1-5-32(6-2,26-10-9-23(21(3)17-26)13-14-31(36)15-16-31)27-11-12-28(22(4)18-27)24-7-8-25(20-30(34)35)29(33)19-24/h7-12,17-19,36H,5-6,13-16,20H2,1-4H3,(H,34,35). The fourth-order valence-electron chi connectivity index (χ4n) is 5.58. The summed E-state index contributed by atoms with van der Waals surface area (Å²) in [5, 5.41) is 19.2. The van der Waals surface area contributed by atoms with Gasteiger partial charge >= 0.3 is 5.97 Å². The number of aryl methyl sites for hydroxylation is 3. The van der Waals surface area contributed by atoms with E-state index in [0.717, 1.165) is 55.2 Å². The molecular weight excluding hydrogens is 451 g/mol. The van der Waals surface area contributed by atoms with Gasteiger partial charge < -0.3 is 10.2 Å². The van der Waals surface area contributed by atoms with E-state index in [2.05, 4.69) is 64.1 Å². The van der Waals surface area contributed by atoms with Gasteiger partial charge in [0.25, 0.3) is 0 Å². The average Bonchev–Trinajstić information content (AvgIpc) is 3.58. The summed E-state index contributed by atoms with van der Waals surface area (Å²) in [6.07, 6.45) is 5.18. The second-order valence-electron chi connectivity index (χ2n) is 10.6. The van der Waals surface area contributed by atoms with E-state index in [1.807, 2.05) is 0 Å². The summed E-state index contributed by atoms with van der Waals surface area (Å²) in [7, 11) is 0. The first-order valence-corrected chi connectivity index (χ1v) is 13.0. The molecule has 1 aliphatic rings. The molecule has 0 bridgehead atoms. The third-order valence-corrected chi connectivity index (χ3v) is 8.27. The summed E-state index contributed by atoms with van der Waals surface area (Å²) < 4.78 is 14.5. The second kappa shape index (κ2) is 10.2. The molecule has 4 heteroatoms. The van der Waals surface area contributed by atoms with E-state index in [-0.39, 0.29) is 17.4 Å². The van der Waals surface area contributed by atoms with E-state index in [1.54, 1.807) is 12.1 Å². The van der Waals surface area contributed by atoms with Gasteiger partial charge in [-0.1, -0.05) is 62.4 Å². The molecule has 0 radical (unpaired) electrons. The lowest BCUT2D eigenvalue weighted by atomic mass is 9.69. The Balaban J connectivity index is 1.64. The second-order valence-corrected chi connectivity index (χ2v) is 10.6. The van der Waals surface area contributed by atoms with Gasteiger partial charge in [0.2, 0.25) is 0 Å². The van der Waals surface area contributed by atoms with Crippen LogP contribution in [0.1, 0.15) is 79.3 Å². The predicted octanol–water partition coefficient (Wildman–Crippen LogP) is 7.30. The van der Waals surface area contributed by atoms with Crippen LogP contribution in [0, 0.1) is 19.7 Å². The van der Waals surface area contributed by atoms with E-state index < -0.39 is 17.4 Å². The number of hydrogen-bond donors (Lipinski definition) is 2. The summed E-state index contributed by atoms with van der Waals surface area (Å²) in [6, 6.07) is 18.1. The fraction of sp³-hybridized carbons (Fsp3) is 0.406. The molecule has 3 nitrogen and oxygen atoms in total. The van der Waals surface area contributed by atoms with E-state index >= 15 is 0 Å². The highest BCUT2D eigenvalue weighted by Crippen LogP contribution is 2.42. The number of hydrogen-bond acceptors (Lipinski definition) is 2. The molecule has 2 N–H and O–H groups in total. The molecule has 0 saturated heterocycles. The number of carboxylic acid groups (broad SMARTS) is 1. The highest BCUT2D eigenvalue weighted by atomic mass is 19.1. The van der Waals surface area contributed by atoms with Gasteiger partial charge in [0, 0.05) is 5.41 Å². The molecule has 0 heterocycles. The molecule has 0 unspecified atom stereocenters. The fourth-order valence-corrected chi connectivity index (χ4v) is 5.58. The maximum atomic E-state index is 14.5. The first-order valence-electron chi connectivity index (χ1n) is 13.0. The van der Waals surface area contributed by atoms with E-state index in [9.17, 15) is 14.3 Å². The molecule has 1 fully saturated rings. The summed E-state index contributed by atoms with van der Waals surface area (Å²) in [6.45, 7) is 8.68. The van der Waals surface area contributed by atoms with E-state index in [1.165, 1.54) is 28.3 Å². The minimum atomic E-state index is -1.04. The molecule has 0 aliphatic heterocycles. The maximum absolute atomic E-state index is 14.5. The first kappa shape index (κ1) is 26.1. The Bertz CT molecular complexity index is 1270. The molecule has 1 saturated carbocycles. The van der Waals surface area contributed by atoms with E-state index in [4.69, 9.17) is 5.11 Å².